The first-order chi connectivity index (χ1) is 7.11. The molecule has 0 saturated carbocycles. The molecule has 0 bridgehead atoms. The average molecular weight is 227 g/mol. The molecule has 15 heavy (non-hydrogen) atoms. The first-order valence-electron chi connectivity index (χ1n) is 4.83. The third-order valence-electron chi connectivity index (χ3n) is 1.88. The minimum Gasteiger partial charge on any atom is -0.373 e. The highest BCUT2D eigenvalue weighted by Gasteiger charge is 2.04. The average Bonchev–Trinajstić information content (AvgIpc) is 2.16. The van der Waals surface area contributed by atoms with Gasteiger partial charge in [0.25, 0.3) is 0 Å². The van der Waals surface area contributed by atoms with Gasteiger partial charge in [0.05, 0.1) is 0 Å². The lowest BCUT2D eigenvalue weighted by atomic mass is 10.3. The van der Waals surface area contributed by atoms with Gasteiger partial charge in [-0.05, 0) is 19.1 Å². The molecular formula is C10H17N3OS. The van der Waals surface area contributed by atoms with Gasteiger partial charge >= 0.3 is 0 Å². The highest BCUT2D eigenvalue weighted by Crippen LogP contribution is 2.09. The number of hydrogen-bond donors (Lipinski definition) is 2. The Kier molecular flexibility index (Phi) is 4.55. The van der Waals surface area contributed by atoms with E-state index >= 15 is 0 Å². The lowest BCUT2D eigenvalue weighted by Crippen LogP contribution is -2.22. The zero-order valence-corrected chi connectivity index (χ0v) is 10.1. The van der Waals surface area contributed by atoms with E-state index in [0.717, 1.165) is 11.6 Å². The molecule has 0 amide bonds. The normalized spacial score (nSPS) is 14.3. The monoisotopic (exact) mass is 227 g/mol. The van der Waals surface area contributed by atoms with Crippen molar-refractivity contribution in [3.8, 4) is 0 Å². The molecule has 0 spiro atoms. The van der Waals surface area contributed by atoms with Crippen molar-refractivity contribution in [1.29, 1.82) is 0 Å². The maximum atomic E-state index is 11.0. The number of rotatable bonds is 5. The van der Waals surface area contributed by atoms with E-state index in [0.29, 0.717) is 5.75 Å². The summed E-state index contributed by atoms with van der Waals surface area (Å²) in [6.07, 6.45) is 1.70. The predicted octanol–water partition coefficient (Wildman–Crippen LogP) is 1.30. The van der Waals surface area contributed by atoms with Crippen LogP contribution >= 0.6 is 0 Å². The summed E-state index contributed by atoms with van der Waals surface area (Å²) in [4.78, 5) is 4.32. The fourth-order valence-electron chi connectivity index (χ4n) is 1.30. The Balaban J connectivity index is 2.59. The second kappa shape index (κ2) is 5.70. The molecular weight excluding hydrogens is 210 g/mol. The van der Waals surface area contributed by atoms with Crippen LogP contribution in [0.5, 0.6) is 0 Å². The number of nitrogens with one attached hydrogen (secondary N) is 2. The Labute approximate surface area is 92.9 Å². The summed E-state index contributed by atoms with van der Waals surface area (Å²) in [6.45, 7) is 2.00. The highest BCUT2D eigenvalue weighted by atomic mass is 32.2. The number of aromatic nitrogens is 1. The molecule has 4 nitrogen and oxygen atoms in total. The van der Waals surface area contributed by atoms with Crippen molar-refractivity contribution in [2.24, 2.45) is 0 Å². The number of pyridine rings is 1. The highest BCUT2D eigenvalue weighted by molar-refractivity contribution is 7.84. The fraction of sp³-hybridized carbons (Fsp3) is 0.500. The molecule has 1 rings (SSSR count). The van der Waals surface area contributed by atoms with Crippen LogP contribution < -0.4 is 10.6 Å². The van der Waals surface area contributed by atoms with Crippen molar-refractivity contribution in [2.75, 3.05) is 29.7 Å². The van der Waals surface area contributed by atoms with Crippen LogP contribution in [0.4, 0.5) is 11.6 Å². The molecule has 0 saturated heterocycles. The van der Waals surface area contributed by atoms with Crippen LogP contribution in [0.3, 0.4) is 0 Å². The van der Waals surface area contributed by atoms with Gasteiger partial charge in [-0.15, -0.1) is 0 Å². The van der Waals surface area contributed by atoms with Crippen LogP contribution in [0.2, 0.25) is 0 Å². The maximum absolute atomic E-state index is 11.0. The molecule has 0 aromatic carbocycles. The summed E-state index contributed by atoms with van der Waals surface area (Å²) in [6, 6.07) is 5.89. The summed E-state index contributed by atoms with van der Waals surface area (Å²) in [5.74, 6) is 2.26. The molecule has 5 heteroatoms. The third kappa shape index (κ3) is 4.29. The zero-order chi connectivity index (χ0) is 11.3. The Morgan fingerprint density at radius 3 is 2.73 bits per heavy atom. The van der Waals surface area contributed by atoms with Gasteiger partial charge in [-0.3, -0.25) is 4.21 Å². The summed E-state index contributed by atoms with van der Waals surface area (Å²) in [5.41, 5.74) is 0. The second-order valence-corrected chi connectivity index (χ2v) is 4.92. The lowest BCUT2D eigenvalue weighted by molar-refractivity contribution is 0.683. The van der Waals surface area contributed by atoms with E-state index in [1.54, 1.807) is 6.26 Å². The van der Waals surface area contributed by atoms with Crippen LogP contribution in [0.1, 0.15) is 6.92 Å². The quantitative estimate of drug-likeness (QED) is 0.796. The van der Waals surface area contributed by atoms with Crippen molar-refractivity contribution in [1.82, 2.24) is 4.98 Å². The Morgan fingerprint density at radius 1 is 1.47 bits per heavy atom. The Morgan fingerprint density at radius 2 is 2.13 bits per heavy atom. The smallest absolute Gasteiger partial charge is 0.128 e. The summed E-state index contributed by atoms with van der Waals surface area (Å²) in [7, 11) is 1.05. The summed E-state index contributed by atoms with van der Waals surface area (Å²) < 4.78 is 11.0. The molecule has 0 fully saturated rings. The van der Waals surface area contributed by atoms with Gasteiger partial charge in [0.2, 0.25) is 0 Å². The molecule has 0 radical (unpaired) electrons. The topological polar surface area (TPSA) is 54.0 Å². The van der Waals surface area contributed by atoms with Gasteiger partial charge in [-0.1, -0.05) is 6.07 Å². The molecule has 1 aromatic rings. The van der Waals surface area contributed by atoms with E-state index in [1.165, 1.54) is 0 Å². The molecule has 1 aromatic heterocycles. The lowest BCUT2D eigenvalue weighted by Gasteiger charge is -2.13. The van der Waals surface area contributed by atoms with Crippen LogP contribution in [0, 0.1) is 0 Å². The van der Waals surface area contributed by atoms with Gasteiger partial charge in [-0.2, -0.15) is 0 Å². The summed E-state index contributed by atoms with van der Waals surface area (Å²) in [5, 5.41) is 6.17. The maximum Gasteiger partial charge on any atom is 0.128 e. The first-order valence-corrected chi connectivity index (χ1v) is 6.56. The van der Waals surface area contributed by atoms with Crippen LogP contribution in [0.25, 0.3) is 0 Å². The van der Waals surface area contributed by atoms with E-state index in [2.05, 4.69) is 15.6 Å². The van der Waals surface area contributed by atoms with Crippen molar-refractivity contribution < 1.29 is 4.21 Å². The molecule has 2 N–H and O–H groups in total. The molecule has 0 aliphatic rings. The molecule has 0 aliphatic carbocycles. The molecule has 1 heterocycles. The predicted molar refractivity (Wildman–Crippen MR) is 65.8 cm³/mol. The molecule has 2 atom stereocenters. The van der Waals surface area contributed by atoms with E-state index in [1.807, 2.05) is 32.2 Å². The second-order valence-electron chi connectivity index (χ2n) is 3.44. The van der Waals surface area contributed by atoms with Crippen LogP contribution in [-0.2, 0) is 10.8 Å². The van der Waals surface area contributed by atoms with Gasteiger partial charge in [0.15, 0.2) is 0 Å². The third-order valence-corrected chi connectivity index (χ3v) is 2.85. The van der Waals surface area contributed by atoms with Gasteiger partial charge < -0.3 is 10.6 Å². The largest absolute Gasteiger partial charge is 0.373 e. The minimum absolute atomic E-state index is 0.162. The standard InChI is InChI=1S/C10H17N3OS/c1-8(7-15(3)14)12-10-6-4-5-9(11-2)13-10/h4-6,8H,7H2,1-3H3,(H2,11,12,13). The van der Waals surface area contributed by atoms with Crippen molar-refractivity contribution in [2.45, 2.75) is 13.0 Å². The van der Waals surface area contributed by atoms with Gasteiger partial charge in [0.1, 0.15) is 11.6 Å². The number of anilines is 2. The fourth-order valence-corrected chi connectivity index (χ4v) is 2.09. The molecule has 2 unspecified atom stereocenters. The molecule has 84 valence electrons. The Bertz CT molecular complexity index is 343. The molecule has 0 aliphatic heterocycles. The van der Waals surface area contributed by atoms with Gasteiger partial charge in [0, 0.05) is 35.9 Å². The zero-order valence-electron chi connectivity index (χ0n) is 9.28. The van der Waals surface area contributed by atoms with Crippen molar-refractivity contribution in [3.63, 3.8) is 0 Å². The van der Waals surface area contributed by atoms with Gasteiger partial charge in [-0.25, -0.2) is 4.98 Å². The van der Waals surface area contributed by atoms with E-state index in [9.17, 15) is 4.21 Å². The number of hydrogen-bond acceptors (Lipinski definition) is 4. The van der Waals surface area contributed by atoms with Crippen molar-refractivity contribution >= 4 is 22.4 Å². The van der Waals surface area contributed by atoms with Crippen molar-refractivity contribution in [3.05, 3.63) is 18.2 Å². The minimum atomic E-state index is -0.782. The van der Waals surface area contributed by atoms with E-state index < -0.39 is 10.8 Å². The number of nitrogens with zero attached hydrogens (tertiary/aromatic N) is 1. The van der Waals surface area contributed by atoms with Crippen LogP contribution in [0.15, 0.2) is 18.2 Å². The summed E-state index contributed by atoms with van der Waals surface area (Å²) >= 11 is 0. The first kappa shape index (κ1) is 12.0. The van der Waals surface area contributed by atoms with E-state index in [4.69, 9.17) is 0 Å². The Hall–Kier alpha value is -1.10. The SMILES string of the molecule is CNc1cccc(NC(C)CS(C)=O)n1. The van der Waals surface area contributed by atoms with Crippen LogP contribution in [-0.4, -0.2) is 34.3 Å². The van der Waals surface area contributed by atoms with E-state index in [-0.39, 0.29) is 6.04 Å².